The average molecular weight is 454 g/mol. The largest absolute Gasteiger partial charge is 0.341 e. The van der Waals surface area contributed by atoms with Crippen LogP contribution in [-0.2, 0) is 26.0 Å². The Morgan fingerprint density at radius 2 is 1.66 bits per heavy atom. The van der Waals surface area contributed by atoms with Crippen molar-refractivity contribution in [2.24, 2.45) is 15.7 Å². The van der Waals surface area contributed by atoms with Crippen LogP contribution in [0.2, 0.25) is 0 Å². The highest BCUT2D eigenvalue weighted by atomic mass is 32.2. The maximum atomic E-state index is 13.5. The summed E-state index contributed by atoms with van der Waals surface area (Å²) in [7, 11) is -4.00. The molecule has 0 aliphatic carbocycles. The lowest BCUT2D eigenvalue weighted by Gasteiger charge is -2.27. The second kappa shape index (κ2) is 8.16. The topological polar surface area (TPSA) is 95.9 Å². The second-order valence-corrected chi connectivity index (χ2v) is 11.0. The highest BCUT2D eigenvalue weighted by molar-refractivity contribution is 7.90. The molecular formula is C24H27N3O4S. The maximum Gasteiger partial charge on any atom is 0.286 e. The Morgan fingerprint density at radius 1 is 1.00 bits per heavy atom. The number of carbonyl (C=O) groups excluding carboxylic acids is 2. The number of para-hydroxylation sites is 1. The molecule has 1 saturated heterocycles. The van der Waals surface area contributed by atoms with Crippen molar-refractivity contribution < 1.29 is 18.0 Å². The number of likely N-dealkylation sites (tertiary alicyclic amines) is 1. The summed E-state index contributed by atoms with van der Waals surface area (Å²) in [6, 6.07) is 15.2. The van der Waals surface area contributed by atoms with E-state index in [0.717, 1.165) is 5.56 Å². The smallest absolute Gasteiger partial charge is 0.286 e. The lowest BCUT2D eigenvalue weighted by Crippen LogP contribution is -2.39. The van der Waals surface area contributed by atoms with Gasteiger partial charge in [-0.2, -0.15) is 8.42 Å². The summed E-state index contributed by atoms with van der Waals surface area (Å²) >= 11 is 0. The summed E-state index contributed by atoms with van der Waals surface area (Å²) in [5.41, 5.74) is 1.24. The number of amides is 1. The van der Waals surface area contributed by atoms with Crippen molar-refractivity contribution in [1.82, 2.24) is 4.90 Å². The number of anilines is 1. The van der Waals surface area contributed by atoms with Crippen molar-refractivity contribution in [3.8, 4) is 0 Å². The fourth-order valence-electron chi connectivity index (χ4n) is 4.07. The molecule has 0 saturated carbocycles. The molecule has 2 aromatic rings. The molecule has 168 valence electrons. The number of ketones is 1. The van der Waals surface area contributed by atoms with Gasteiger partial charge in [-0.15, -0.1) is 4.40 Å². The van der Waals surface area contributed by atoms with Gasteiger partial charge in [0.15, 0.2) is 11.7 Å². The minimum Gasteiger partial charge on any atom is -0.341 e. The highest BCUT2D eigenvalue weighted by Crippen LogP contribution is 2.33. The monoisotopic (exact) mass is 453 g/mol. The molecule has 7 nitrogen and oxygen atoms in total. The number of nitrogens with one attached hydrogen (secondary N) is 1. The van der Waals surface area contributed by atoms with Crippen LogP contribution in [0.5, 0.6) is 0 Å². The van der Waals surface area contributed by atoms with Crippen LogP contribution < -0.4 is 5.32 Å². The number of fused-ring (bicyclic) bond motifs is 1. The van der Waals surface area contributed by atoms with Crippen LogP contribution in [0.1, 0.15) is 32.8 Å². The van der Waals surface area contributed by atoms with E-state index in [4.69, 9.17) is 0 Å². The van der Waals surface area contributed by atoms with Crippen LogP contribution in [0.25, 0.3) is 0 Å². The standard InChI is InChI=1S/C24H27N3O4S/c1-24(2,3)13-14-27-18(15-16-9-5-4-6-10-16)21(28)20(23(27)29)22-25-17-11-7-8-12-19(17)32(30,31)26-22/h4-12,18,20H,13-15H2,1-3H3,(H,25,26)/t18-,20?/m0/s1. The van der Waals surface area contributed by atoms with Gasteiger partial charge in [0.05, 0.1) is 11.7 Å². The number of benzene rings is 2. The molecule has 2 aliphatic rings. The van der Waals surface area contributed by atoms with Crippen LogP contribution in [0.4, 0.5) is 5.69 Å². The number of sulfonamides is 1. The Balaban J connectivity index is 1.69. The Bertz CT molecular complexity index is 1180. The van der Waals surface area contributed by atoms with E-state index in [-0.39, 0.29) is 21.9 Å². The number of rotatable bonds is 5. The Morgan fingerprint density at radius 3 is 2.34 bits per heavy atom. The summed E-state index contributed by atoms with van der Waals surface area (Å²) in [4.78, 5) is 28.6. The summed E-state index contributed by atoms with van der Waals surface area (Å²) in [5.74, 6) is -2.10. The van der Waals surface area contributed by atoms with Gasteiger partial charge in [0.2, 0.25) is 5.91 Å². The van der Waals surface area contributed by atoms with Crippen LogP contribution in [-0.4, -0.2) is 43.4 Å². The maximum absolute atomic E-state index is 13.5. The van der Waals surface area contributed by atoms with Gasteiger partial charge in [-0.05, 0) is 29.5 Å². The molecule has 2 heterocycles. The normalized spacial score (nSPS) is 22.3. The first-order valence-corrected chi connectivity index (χ1v) is 12.1. The van der Waals surface area contributed by atoms with Crippen molar-refractivity contribution in [3.05, 3.63) is 60.2 Å². The summed E-state index contributed by atoms with van der Waals surface area (Å²) in [5, 5.41) is 2.94. The SMILES string of the molecule is CC(C)(C)CCN1C(=O)C(C2=NS(=O)(=O)c3ccccc3N2)C(=O)[C@@H]1Cc1ccccc1. The predicted molar refractivity (Wildman–Crippen MR) is 123 cm³/mol. The van der Waals surface area contributed by atoms with Crippen LogP contribution in [0.3, 0.4) is 0 Å². The highest BCUT2D eigenvalue weighted by Gasteiger charge is 2.50. The Kier molecular flexibility index (Phi) is 5.67. The van der Waals surface area contributed by atoms with E-state index in [2.05, 4.69) is 30.5 Å². The zero-order valence-electron chi connectivity index (χ0n) is 18.4. The molecule has 2 aromatic carbocycles. The number of hydrogen-bond donors (Lipinski definition) is 1. The van der Waals surface area contributed by atoms with Gasteiger partial charge in [0, 0.05) is 13.0 Å². The van der Waals surface area contributed by atoms with E-state index >= 15 is 0 Å². The minimum atomic E-state index is -4.00. The third-order valence-electron chi connectivity index (χ3n) is 5.81. The van der Waals surface area contributed by atoms with Gasteiger partial charge < -0.3 is 10.2 Å². The minimum absolute atomic E-state index is 0.0262. The average Bonchev–Trinajstić information content (AvgIpc) is 2.95. The van der Waals surface area contributed by atoms with Gasteiger partial charge >= 0.3 is 0 Å². The van der Waals surface area contributed by atoms with Crippen LogP contribution in [0, 0.1) is 11.3 Å². The van der Waals surface area contributed by atoms with Gasteiger partial charge in [-0.3, -0.25) is 9.59 Å². The van der Waals surface area contributed by atoms with E-state index in [1.807, 2.05) is 30.3 Å². The van der Waals surface area contributed by atoms with Crippen molar-refractivity contribution in [2.75, 3.05) is 11.9 Å². The van der Waals surface area contributed by atoms with E-state index in [0.29, 0.717) is 25.1 Å². The van der Waals surface area contributed by atoms with E-state index in [1.165, 1.54) is 6.07 Å². The molecule has 8 heteroatoms. The van der Waals surface area contributed by atoms with Crippen LogP contribution >= 0.6 is 0 Å². The number of carbonyl (C=O) groups is 2. The summed E-state index contributed by atoms with van der Waals surface area (Å²) in [6.45, 7) is 6.65. The first-order valence-electron chi connectivity index (χ1n) is 10.7. The molecule has 1 unspecified atom stereocenters. The van der Waals surface area contributed by atoms with Crippen LogP contribution in [0.15, 0.2) is 63.9 Å². The van der Waals surface area contributed by atoms with E-state index in [9.17, 15) is 18.0 Å². The van der Waals surface area contributed by atoms with Gasteiger partial charge in [0.25, 0.3) is 10.0 Å². The fourth-order valence-corrected chi connectivity index (χ4v) is 5.22. The number of Topliss-reactive ketones (excluding diaryl/α,β-unsaturated/α-hetero) is 1. The molecule has 4 rings (SSSR count). The zero-order chi connectivity index (χ0) is 23.1. The molecule has 2 aliphatic heterocycles. The third kappa shape index (κ3) is 4.32. The lowest BCUT2D eigenvalue weighted by atomic mass is 9.92. The zero-order valence-corrected chi connectivity index (χ0v) is 19.2. The third-order valence-corrected chi connectivity index (χ3v) is 7.16. The lowest BCUT2D eigenvalue weighted by molar-refractivity contribution is -0.130. The molecule has 1 fully saturated rings. The van der Waals surface area contributed by atoms with Crippen molar-refractivity contribution in [2.45, 2.75) is 44.6 Å². The molecule has 0 spiro atoms. The molecule has 2 atom stereocenters. The van der Waals surface area contributed by atoms with Crippen molar-refractivity contribution >= 4 is 33.2 Å². The molecular weight excluding hydrogens is 426 g/mol. The Labute approximate surface area is 188 Å². The number of amidine groups is 1. The van der Waals surface area contributed by atoms with E-state index in [1.54, 1.807) is 23.1 Å². The predicted octanol–water partition coefficient (Wildman–Crippen LogP) is 3.27. The first-order chi connectivity index (χ1) is 15.1. The van der Waals surface area contributed by atoms with Gasteiger partial charge in [-0.25, -0.2) is 0 Å². The molecule has 0 aromatic heterocycles. The van der Waals surface area contributed by atoms with Gasteiger partial charge in [-0.1, -0.05) is 63.2 Å². The quantitative estimate of drug-likeness (QED) is 0.701. The van der Waals surface area contributed by atoms with Crippen molar-refractivity contribution in [3.63, 3.8) is 0 Å². The van der Waals surface area contributed by atoms with Crippen molar-refractivity contribution in [1.29, 1.82) is 0 Å². The van der Waals surface area contributed by atoms with E-state index < -0.39 is 27.9 Å². The Hall–Kier alpha value is -3.00. The number of hydrogen-bond acceptors (Lipinski definition) is 5. The molecule has 1 N–H and O–H groups in total. The first kappa shape index (κ1) is 22.2. The summed E-state index contributed by atoms with van der Waals surface area (Å²) in [6.07, 6.45) is 1.09. The number of nitrogens with zero attached hydrogens (tertiary/aromatic N) is 2. The molecule has 0 bridgehead atoms. The second-order valence-electron chi connectivity index (χ2n) is 9.46. The summed E-state index contributed by atoms with van der Waals surface area (Å²) < 4.78 is 29.2. The fraction of sp³-hybridized carbons (Fsp3) is 0.375. The molecule has 0 radical (unpaired) electrons. The molecule has 32 heavy (non-hydrogen) atoms. The van der Waals surface area contributed by atoms with Gasteiger partial charge in [0.1, 0.15) is 10.7 Å². The molecule has 1 amide bonds.